The van der Waals surface area contributed by atoms with Crippen LogP contribution < -0.4 is 4.57 Å². The monoisotopic (exact) mass is 261 g/mol. The molecule has 3 rings (SSSR count). The lowest BCUT2D eigenvalue weighted by Crippen LogP contribution is -2.28. The molecule has 0 saturated heterocycles. The Morgan fingerprint density at radius 3 is 2.60 bits per heavy atom. The Labute approximate surface area is 120 Å². The second-order valence-corrected chi connectivity index (χ2v) is 5.22. The first-order valence-corrected chi connectivity index (χ1v) is 7.05. The van der Waals surface area contributed by atoms with Crippen molar-refractivity contribution in [2.45, 2.75) is 20.3 Å². The van der Waals surface area contributed by atoms with Crippen molar-refractivity contribution in [1.29, 1.82) is 0 Å². The highest BCUT2D eigenvalue weighted by Crippen LogP contribution is 2.28. The van der Waals surface area contributed by atoms with Crippen molar-refractivity contribution < 1.29 is 4.57 Å². The van der Waals surface area contributed by atoms with E-state index in [1.165, 1.54) is 33.2 Å². The summed E-state index contributed by atoms with van der Waals surface area (Å²) in [6.45, 7) is 4.37. The lowest BCUT2D eigenvalue weighted by atomic mass is 9.97. The third-order valence-corrected chi connectivity index (χ3v) is 3.89. The average molecular weight is 261 g/mol. The summed E-state index contributed by atoms with van der Waals surface area (Å²) in [7, 11) is 4.15. The molecule has 2 aromatic carbocycles. The number of fused-ring (bicyclic) bond motifs is 1. The fourth-order valence-corrected chi connectivity index (χ4v) is 2.77. The van der Waals surface area contributed by atoms with Gasteiger partial charge < -0.3 is 4.57 Å². The zero-order valence-corrected chi connectivity index (χ0v) is 12.1. The molecule has 1 nitrogen and oxygen atoms in total. The highest BCUT2D eigenvalue weighted by molar-refractivity contribution is 5.93. The first-order chi connectivity index (χ1) is 9.70. The van der Waals surface area contributed by atoms with E-state index in [0.29, 0.717) is 0 Å². The van der Waals surface area contributed by atoms with Crippen LogP contribution in [0, 0.1) is 14.0 Å². The first-order valence-electron chi connectivity index (χ1n) is 7.05. The third-order valence-electron chi connectivity index (χ3n) is 3.89. The van der Waals surface area contributed by atoms with Crippen LogP contribution in [-0.2, 0) is 6.42 Å². The van der Waals surface area contributed by atoms with Crippen LogP contribution in [-0.4, -0.2) is 0 Å². The predicted molar refractivity (Wildman–Crippen MR) is 84.4 cm³/mol. The van der Waals surface area contributed by atoms with Gasteiger partial charge in [0.2, 0.25) is 0 Å². The summed E-state index contributed by atoms with van der Waals surface area (Å²) in [6.07, 6.45) is 3.10. The van der Waals surface area contributed by atoms with Crippen LogP contribution >= 0.6 is 0 Å². The Balaban J connectivity index is 2.31. The maximum absolute atomic E-state index is 4.15. The fourth-order valence-electron chi connectivity index (χ4n) is 2.77. The van der Waals surface area contributed by atoms with Crippen molar-refractivity contribution in [2.24, 2.45) is 0 Å². The van der Waals surface area contributed by atoms with E-state index in [1.807, 2.05) is 10.8 Å². The number of hydrogen-bond donors (Lipinski definition) is 0. The summed E-state index contributed by atoms with van der Waals surface area (Å²) in [6, 6.07) is 17.3. The van der Waals surface area contributed by atoms with Gasteiger partial charge in [0.15, 0.2) is 0 Å². The third kappa shape index (κ3) is 2.05. The van der Waals surface area contributed by atoms with E-state index in [1.54, 1.807) is 0 Å². The van der Waals surface area contributed by atoms with E-state index in [-0.39, 0.29) is 0 Å². The quantitative estimate of drug-likeness (QED) is 0.478. The van der Waals surface area contributed by atoms with Gasteiger partial charge in [-0.1, -0.05) is 49.4 Å². The molecule has 0 bridgehead atoms. The van der Waals surface area contributed by atoms with Crippen molar-refractivity contribution in [2.75, 3.05) is 0 Å². The number of pyridine rings is 1. The van der Waals surface area contributed by atoms with Crippen LogP contribution in [0.15, 0.2) is 54.7 Å². The molecule has 0 atom stereocenters. The molecule has 20 heavy (non-hydrogen) atoms. The van der Waals surface area contributed by atoms with Crippen molar-refractivity contribution in [1.82, 2.24) is 0 Å². The topological polar surface area (TPSA) is 3.88 Å². The summed E-state index contributed by atoms with van der Waals surface area (Å²) < 4.78 is 1.97. The second-order valence-electron chi connectivity index (χ2n) is 5.22. The minimum absolute atomic E-state index is 1.07. The molecule has 0 unspecified atom stereocenters. The molecule has 0 saturated carbocycles. The maximum Gasteiger partial charge on any atom is 0.120 e. The minimum Gasteiger partial charge on any atom is -0.332 e. The van der Waals surface area contributed by atoms with E-state index in [2.05, 4.69) is 69.4 Å². The molecular formula is C19H19N. The van der Waals surface area contributed by atoms with Gasteiger partial charge in [0, 0.05) is 7.05 Å². The van der Waals surface area contributed by atoms with Crippen molar-refractivity contribution in [3.8, 4) is 11.3 Å². The molecule has 0 aliphatic rings. The molecule has 0 fully saturated rings. The van der Waals surface area contributed by atoms with E-state index >= 15 is 0 Å². The molecule has 1 heteroatoms. The molecule has 0 amide bonds. The number of benzene rings is 2. The summed E-state index contributed by atoms with van der Waals surface area (Å²) in [4.78, 5) is 0. The Morgan fingerprint density at radius 1 is 1.05 bits per heavy atom. The molecule has 1 aromatic heterocycles. The largest absolute Gasteiger partial charge is 0.332 e. The normalized spacial score (nSPS) is 10.9. The average Bonchev–Trinajstić information content (AvgIpc) is 2.48. The zero-order chi connectivity index (χ0) is 14.1. The van der Waals surface area contributed by atoms with Crippen molar-refractivity contribution in [3.05, 3.63) is 72.9 Å². The van der Waals surface area contributed by atoms with Gasteiger partial charge in [-0.05, 0) is 46.9 Å². The van der Waals surface area contributed by atoms with Gasteiger partial charge in [0.1, 0.15) is 5.69 Å². The van der Waals surface area contributed by atoms with E-state index < -0.39 is 0 Å². The van der Waals surface area contributed by atoms with Gasteiger partial charge >= 0.3 is 0 Å². The number of aryl methyl sites for hydroxylation is 2. The molecule has 0 radical (unpaired) electrons. The van der Waals surface area contributed by atoms with Gasteiger partial charge in [-0.25, -0.2) is 0 Å². The standard InChI is InChI=1S/C19H19N/c1-4-15-9-10-17(14(2)13-15)19-18-8-6-5-7-16(18)11-12-20(19)3/h5-13H,3-4H2,1-2H3. The van der Waals surface area contributed by atoms with Gasteiger partial charge in [-0.15, -0.1) is 0 Å². The van der Waals surface area contributed by atoms with E-state index in [4.69, 9.17) is 0 Å². The van der Waals surface area contributed by atoms with Crippen LogP contribution in [0.2, 0.25) is 0 Å². The van der Waals surface area contributed by atoms with E-state index in [9.17, 15) is 0 Å². The Morgan fingerprint density at radius 2 is 1.85 bits per heavy atom. The minimum atomic E-state index is 1.07. The SMILES string of the molecule is [CH2-][n+]1ccc2ccccc2c1-c1ccc(CC)cc1C. The zero-order valence-electron chi connectivity index (χ0n) is 12.1. The summed E-state index contributed by atoms with van der Waals surface area (Å²) in [5, 5.41) is 2.50. The molecule has 100 valence electrons. The van der Waals surface area contributed by atoms with Crippen molar-refractivity contribution >= 4 is 10.8 Å². The van der Waals surface area contributed by atoms with Crippen molar-refractivity contribution in [3.63, 3.8) is 0 Å². The van der Waals surface area contributed by atoms with Gasteiger partial charge in [-0.2, -0.15) is 0 Å². The summed E-state index contributed by atoms with van der Waals surface area (Å²) >= 11 is 0. The molecule has 0 spiro atoms. The summed E-state index contributed by atoms with van der Waals surface area (Å²) in [5.74, 6) is 0. The lowest BCUT2D eigenvalue weighted by Gasteiger charge is -2.14. The molecular weight excluding hydrogens is 242 g/mol. The van der Waals surface area contributed by atoms with Gasteiger partial charge in [-0.3, -0.25) is 0 Å². The van der Waals surface area contributed by atoms with E-state index in [0.717, 1.165) is 6.42 Å². The van der Waals surface area contributed by atoms with Crippen LogP contribution in [0.3, 0.4) is 0 Å². The van der Waals surface area contributed by atoms with Crippen LogP contribution in [0.5, 0.6) is 0 Å². The molecule has 0 aliphatic heterocycles. The number of nitrogens with zero attached hydrogens (tertiary/aromatic N) is 1. The molecule has 0 aliphatic carbocycles. The van der Waals surface area contributed by atoms with Gasteiger partial charge in [0.25, 0.3) is 0 Å². The molecule has 1 heterocycles. The van der Waals surface area contributed by atoms with Gasteiger partial charge in [0.05, 0.1) is 6.20 Å². The highest BCUT2D eigenvalue weighted by Gasteiger charge is 2.10. The van der Waals surface area contributed by atoms with Crippen LogP contribution in [0.4, 0.5) is 0 Å². The Hall–Kier alpha value is -2.28. The van der Waals surface area contributed by atoms with Crippen LogP contribution in [0.25, 0.3) is 22.0 Å². The number of hydrogen-bond acceptors (Lipinski definition) is 0. The number of aromatic nitrogens is 1. The van der Waals surface area contributed by atoms with Crippen LogP contribution in [0.1, 0.15) is 18.1 Å². The maximum atomic E-state index is 4.15. The number of rotatable bonds is 2. The highest BCUT2D eigenvalue weighted by atomic mass is 14.9. The first kappa shape index (κ1) is 12.7. The summed E-state index contributed by atoms with van der Waals surface area (Å²) in [5.41, 5.74) is 5.12. The Bertz CT molecular complexity index is 772. The Kier molecular flexibility index (Phi) is 3.19. The lowest BCUT2D eigenvalue weighted by molar-refractivity contribution is -0.599. The predicted octanol–water partition coefficient (Wildman–Crippen LogP) is 4.30. The fraction of sp³-hybridized carbons (Fsp3) is 0.158. The smallest absolute Gasteiger partial charge is 0.120 e. The molecule has 0 N–H and O–H groups in total. The second kappa shape index (κ2) is 5.01. The molecule has 3 aromatic rings.